The smallest absolute Gasteiger partial charge is 0.309 e. The van der Waals surface area contributed by atoms with E-state index in [0.717, 1.165) is 51.4 Å². The van der Waals surface area contributed by atoms with Crippen LogP contribution in [0.15, 0.2) is 12.2 Å². The van der Waals surface area contributed by atoms with Crippen LogP contribution in [0.25, 0.3) is 0 Å². The lowest BCUT2D eigenvalue weighted by Gasteiger charge is -2.72. The molecule has 5 fully saturated rings. The van der Waals surface area contributed by atoms with Crippen LogP contribution in [0.4, 0.5) is 0 Å². The molecule has 0 bridgehead atoms. The molecule has 184 valence electrons. The number of aliphatic carboxylic acids is 1. The lowest BCUT2D eigenvalue weighted by atomic mass is 9.32. The molecule has 0 aliphatic heterocycles. The molecule has 0 spiro atoms. The summed E-state index contributed by atoms with van der Waals surface area (Å²) in [4.78, 5) is 25.7. The molecule has 3 heteroatoms. The van der Waals surface area contributed by atoms with Crippen molar-refractivity contribution in [2.24, 2.45) is 56.7 Å². The van der Waals surface area contributed by atoms with Gasteiger partial charge in [0, 0.05) is 11.8 Å². The number of allylic oxidation sites excluding steroid dienone is 1. The standard InChI is InChI=1S/C30H46O3/c1-18(2)19-10-15-30(25(32)33)17-16-28(6)20(24(19)30)8-9-22-27(5)13-12-23(31)26(3,4)21(27)11-14-29(22,28)7/h19-22,24H,1,8-17H2,2-7H3,(H,32,33)/t19-,20+,21+,22+,24+,27-,28+,29+,30-/m0/s1. The summed E-state index contributed by atoms with van der Waals surface area (Å²) in [7, 11) is 0. The molecule has 1 N–H and O–H groups in total. The molecule has 0 aromatic heterocycles. The third kappa shape index (κ3) is 2.69. The molecule has 5 aliphatic rings. The van der Waals surface area contributed by atoms with Crippen LogP contribution in [0.1, 0.15) is 106 Å². The zero-order valence-electron chi connectivity index (χ0n) is 21.9. The minimum absolute atomic E-state index is 0.164. The zero-order valence-corrected chi connectivity index (χ0v) is 21.9. The second-order valence-electron chi connectivity index (χ2n) is 14.3. The molecule has 3 nitrogen and oxygen atoms in total. The summed E-state index contributed by atoms with van der Waals surface area (Å²) in [5, 5.41) is 10.5. The molecule has 0 aromatic carbocycles. The van der Waals surface area contributed by atoms with E-state index < -0.39 is 11.4 Å². The van der Waals surface area contributed by atoms with Gasteiger partial charge in [-0.3, -0.25) is 9.59 Å². The van der Waals surface area contributed by atoms with Gasteiger partial charge in [0.05, 0.1) is 5.41 Å². The molecular weight excluding hydrogens is 408 g/mol. The van der Waals surface area contributed by atoms with Crippen LogP contribution in [0, 0.1) is 56.7 Å². The number of hydrogen-bond donors (Lipinski definition) is 1. The second kappa shape index (κ2) is 6.97. The predicted molar refractivity (Wildman–Crippen MR) is 132 cm³/mol. The minimum atomic E-state index is -0.547. The highest BCUT2D eigenvalue weighted by molar-refractivity contribution is 5.85. The molecule has 0 aromatic rings. The molecular formula is C30H46O3. The fourth-order valence-corrected chi connectivity index (χ4v) is 11.3. The maximum atomic E-state index is 12.9. The number of carboxylic acids is 1. The molecule has 0 unspecified atom stereocenters. The van der Waals surface area contributed by atoms with Crippen LogP contribution in [0.2, 0.25) is 0 Å². The zero-order chi connectivity index (χ0) is 24.2. The van der Waals surface area contributed by atoms with Crippen LogP contribution in [-0.2, 0) is 9.59 Å². The minimum Gasteiger partial charge on any atom is -0.481 e. The molecule has 9 atom stereocenters. The first-order chi connectivity index (χ1) is 15.3. The first-order valence-electron chi connectivity index (χ1n) is 13.7. The highest BCUT2D eigenvalue weighted by Crippen LogP contribution is 2.77. The van der Waals surface area contributed by atoms with Gasteiger partial charge in [-0.1, -0.05) is 46.8 Å². The lowest BCUT2D eigenvalue weighted by Crippen LogP contribution is -2.66. The maximum Gasteiger partial charge on any atom is 0.309 e. The van der Waals surface area contributed by atoms with E-state index in [1.54, 1.807) is 0 Å². The Morgan fingerprint density at radius 2 is 1.58 bits per heavy atom. The Balaban J connectivity index is 1.57. The molecule has 0 heterocycles. The Morgan fingerprint density at radius 1 is 0.879 bits per heavy atom. The summed E-state index contributed by atoms with van der Waals surface area (Å²) in [6.07, 6.45) is 10.1. The van der Waals surface area contributed by atoms with Crippen molar-refractivity contribution in [1.29, 1.82) is 0 Å². The number of carboxylic acid groups (broad SMARTS) is 1. The second-order valence-corrected chi connectivity index (χ2v) is 14.3. The van der Waals surface area contributed by atoms with E-state index in [1.807, 2.05) is 0 Å². The van der Waals surface area contributed by atoms with E-state index >= 15 is 0 Å². The van der Waals surface area contributed by atoms with Crippen molar-refractivity contribution >= 4 is 11.8 Å². The molecule has 5 saturated carbocycles. The summed E-state index contributed by atoms with van der Waals surface area (Å²) in [6, 6.07) is 0. The fraction of sp³-hybridized carbons (Fsp3) is 0.867. The number of Topliss-reactive ketones (excluding diaryl/α,β-unsaturated/α-hetero) is 1. The normalized spacial score (nSPS) is 52.8. The number of carbonyl (C=O) groups excluding carboxylic acids is 1. The van der Waals surface area contributed by atoms with Crippen molar-refractivity contribution in [3.05, 3.63) is 12.2 Å². The van der Waals surface area contributed by atoms with Gasteiger partial charge in [-0.05, 0) is 111 Å². The molecule has 33 heavy (non-hydrogen) atoms. The molecule has 5 rings (SSSR count). The van der Waals surface area contributed by atoms with Gasteiger partial charge in [-0.25, -0.2) is 0 Å². The first kappa shape index (κ1) is 23.6. The Hall–Kier alpha value is -1.12. The number of fused-ring (bicyclic) bond motifs is 7. The number of hydrogen-bond acceptors (Lipinski definition) is 2. The van der Waals surface area contributed by atoms with Gasteiger partial charge in [0.2, 0.25) is 0 Å². The highest BCUT2D eigenvalue weighted by Gasteiger charge is 2.72. The topological polar surface area (TPSA) is 54.4 Å². The van der Waals surface area contributed by atoms with Gasteiger partial charge in [0.1, 0.15) is 5.78 Å². The van der Waals surface area contributed by atoms with Crippen molar-refractivity contribution in [1.82, 2.24) is 0 Å². The van der Waals surface area contributed by atoms with Crippen molar-refractivity contribution in [3.8, 4) is 0 Å². The molecule has 0 saturated heterocycles. The third-order valence-electron chi connectivity index (χ3n) is 13.2. The molecule has 5 aliphatic carbocycles. The molecule has 0 radical (unpaired) electrons. The Morgan fingerprint density at radius 3 is 2.21 bits per heavy atom. The summed E-state index contributed by atoms with van der Waals surface area (Å²) in [5.41, 5.74) is 1.03. The quantitative estimate of drug-likeness (QED) is 0.445. The van der Waals surface area contributed by atoms with Gasteiger partial charge in [-0.2, -0.15) is 0 Å². The summed E-state index contributed by atoms with van der Waals surface area (Å²) >= 11 is 0. The van der Waals surface area contributed by atoms with Gasteiger partial charge >= 0.3 is 5.97 Å². The first-order valence-corrected chi connectivity index (χ1v) is 13.7. The summed E-state index contributed by atoms with van der Waals surface area (Å²) in [5.74, 6) is 2.07. The number of carbonyl (C=O) groups is 2. The maximum absolute atomic E-state index is 12.9. The van der Waals surface area contributed by atoms with Gasteiger partial charge in [0.15, 0.2) is 0 Å². The van der Waals surface area contributed by atoms with Crippen molar-refractivity contribution in [2.75, 3.05) is 0 Å². The number of rotatable bonds is 2. The van der Waals surface area contributed by atoms with E-state index in [9.17, 15) is 14.7 Å². The van der Waals surface area contributed by atoms with Gasteiger partial charge < -0.3 is 5.11 Å². The van der Waals surface area contributed by atoms with E-state index in [0.29, 0.717) is 29.5 Å². The number of ketones is 1. The summed E-state index contributed by atoms with van der Waals surface area (Å²) < 4.78 is 0. The fourth-order valence-electron chi connectivity index (χ4n) is 11.3. The van der Waals surface area contributed by atoms with Crippen LogP contribution < -0.4 is 0 Å². The van der Waals surface area contributed by atoms with E-state index in [2.05, 4.69) is 48.1 Å². The van der Waals surface area contributed by atoms with Crippen molar-refractivity contribution in [2.45, 2.75) is 106 Å². The van der Waals surface area contributed by atoms with E-state index in [4.69, 9.17) is 0 Å². The Kier molecular flexibility index (Phi) is 4.99. The van der Waals surface area contributed by atoms with E-state index in [-0.39, 0.29) is 27.6 Å². The molecule has 0 amide bonds. The summed E-state index contributed by atoms with van der Waals surface area (Å²) in [6.45, 7) is 18.5. The SMILES string of the molecule is C=C(C)[C@@H]1CC[C@]2(C(=O)O)CC[C@]3(C)[C@H](CC[C@@H]4[C@@]5(C)CCC(=O)C(C)(C)[C@H]5CC[C@]43C)[C@@H]12. The van der Waals surface area contributed by atoms with Crippen LogP contribution in [-0.4, -0.2) is 16.9 Å². The van der Waals surface area contributed by atoms with Crippen LogP contribution in [0.3, 0.4) is 0 Å². The largest absolute Gasteiger partial charge is 0.481 e. The monoisotopic (exact) mass is 454 g/mol. The van der Waals surface area contributed by atoms with Gasteiger partial charge in [-0.15, -0.1) is 0 Å². The highest BCUT2D eigenvalue weighted by atomic mass is 16.4. The van der Waals surface area contributed by atoms with Crippen LogP contribution in [0.5, 0.6) is 0 Å². The Labute approximate surface area is 201 Å². The lowest BCUT2D eigenvalue weighted by molar-refractivity contribution is -0.235. The van der Waals surface area contributed by atoms with Crippen molar-refractivity contribution in [3.63, 3.8) is 0 Å². The van der Waals surface area contributed by atoms with Crippen molar-refractivity contribution < 1.29 is 14.7 Å². The average Bonchev–Trinajstić information content (AvgIpc) is 3.13. The average molecular weight is 455 g/mol. The third-order valence-corrected chi connectivity index (χ3v) is 13.2. The Bertz CT molecular complexity index is 902. The predicted octanol–water partition coefficient (Wildman–Crippen LogP) is 7.30. The van der Waals surface area contributed by atoms with Crippen LogP contribution >= 0.6 is 0 Å². The van der Waals surface area contributed by atoms with Gasteiger partial charge in [0.25, 0.3) is 0 Å². The van der Waals surface area contributed by atoms with E-state index in [1.165, 1.54) is 18.4 Å².